The zero-order chi connectivity index (χ0) is 13.7. The van der Waals surface area contributed by atoms with E-state index in [2.05, 4.69) is 10.3 Å². The second-order valence-corrected chi connectivity index (χ2v) is 4.81. The van der Waals surface area contributed by atoms with E-state index in [0.29, 0.717) is 6.42 Å². The third-order valence-corrected chi connectivity index (χ3v) is 3.08. The molecule has 0 spiro atoms. The first-order valence-electron chi connectivity index (χ1n) is 6.41. The van der Waals surface area contributed by atoms with Crippen molar-refractivity contribution in [2.75, 3.05) is 5.32 Å². The van der Waals surface area contributed by atoms with Crippen LogP contribution in [0.1, 0.15) is 30.4 Å². The first-order chi connectivity index (χ1) is 9.15. The van der Waals surface area contributed by atoms with Crippen molar-refractivity contribution in [3.05, 3.63) is 59.9 Å². The van der Waals surface area contributed by atoms with E-state index in [1.54, 1.807) is 6.20 Å². The van der Waals surface area contributed by atoms with Gasteiger partial charge in [0.2, 0.25) is 5.91 Å². The lowest BCUT2D eigenvalue weighted by Crippen LogP contribution is -2.14. The fraction of sp³-hybridized carbons (Fsp3) is 0.250. The Morgan fingerprint density at radius 3 is 2.63 bits per heavy atom. The summed E-state index contributed by atoms with van der Waals surface area (Å²) in [4.78, 5) is 16.0. The highest BCUT2D eigenvalue weighted by atomic mass is 16.1. The Morgan fingerprint density at radius 2 is 2.00 bits per heavy atom. The summed E-state index contributed by atoms with van der Waals surface area (Å²) in [5, 5.41) is 2.91. The van der Waals surface area contributed by atoms with Crippen LogP contribution in [0, 0.1) is 6.92 Å². The van der Waals surface area contributed by atoms with Crippen molar-refractivity contribution < 1.29 is 4.79 Å². The zero-order valence-corrected chi connectivity index (χ0v) is 11.3. The van der Waals surface area contributed by atoms with Crippen LogP contribution in [0.5, 0.6) is 0 Å². The molecule has 0 aliphatic carbocycles. The van der Waals surface area contributed by atoms with Gasteiger partial charge in [0.05, 0.1) is 0 Å². The van der Waals surface area contributed by atoms with Crippen molar-refractivity contribution in [2.24, 2.45) is 0 Å². The van der Waals surface area contributed by atoms with Crippen molar-refractivity contribution in [3.8, 4) is 0 Å². The zero-order valence-electron chi connectivity index (χ0n) is 11.3. The number of hydrogen-bond acceptors (Lipinski definition) is 2. The number of carbonyl (C=O) groups excluding carboxylic acids is 1. The lowest BCUT2D eigenvalue weighted by atomic mass is 9.99. The standard InChI is InChI=1S/C16H18N2O/c1-12-5-7-15(8-6-12)18-16(19)10-13(2)14-4-3-9-17-11-14/h3-9,11,13H,10H2,1-2H3,(H,18,19). The van der Waals surface area contributed by atoms with E-state index in [4.69, 9.17) is 0 Å². The molecule has 0 saturated heterocycles. The Hall–Kier alpha value is -2.16. The molecule has 0 aliphatic heterocycles. The van der Waals surface area contributed by atoms with E-state index in [1.165, 1.54) is 5.56 Å². The number of aromatic nitrogens is 1. The minimum Gasteiger partial charge on any atom is -0.326 e. The Morgan fingerprint density at radius 1 is 1.26 bits per heavy atom. The molecule has 3 nitrogen and oxygen atoms in total. The predicted molar refractivity (Wildman–Crippen MR) is 77.1 cm³/mol. The van der Waals surface area contributed by atoms with Crippen LogP contribution in [-0.4, -0.2) is 10.9 Å². The predicted octanol–water partition coefficient (Wildman–Crippen LogP) is 3.52. The number of nitrogens with one attached hydrogen (secondary N) is 1. The molecule has 2 aromatic rings. The molecule has 0 saturated carbocycles. The SMILES string of the molecule is Cc1ccc(NC(=O)CC(C)c2cccnc2)cc1. The Labute approximate surface area is 113 Å². The summed E-state index contributed by atoms with van der Waals surface area (Å²) in [5.74, 6) is 0.194. The molecule has 1 amide bonds. The smallest absolute Gasteiger partial charge is 0.224 e. The van der Waals surface area contributed by atoms with Gasteiger partial charge in [-0.1, -0.05) is 30.7 Å². The minimum absolute atomic E-state index is 0.0280. The Balaban J connectivity index is 1.93. The van der Waals surface area contributed by atoms with Crippen molar-refractivity contribution in [1.82, 2.24) is 4.98 Å². The van der Waals surface area contributed by atoms with E-state index in [9.17, 15) is 4.79 Å². The molecule has 0 aliphatic rings. The molecule has 1 atom stereocenters. The topological polar surface area (TPSA) is 42.0 Å². The van der Waals surface area contributed by atoms with E-state index in [-0.39, 0.29) is 11.8 Å². The molecule has 0 fully saturated rings. The third kappa shape index (κ3) is 3.91. The summed E-state index contributed by atoms with van der Waals surface area (Å²) in [6.07, 6.45) is 4.01. The Bertz CT molecular complexity index is 534. The summed E-state index contributed by atoms with van der Waals surface area (Å²) < 4.78 is 0. The van der Waals surface area contributed by atoms with Gasteiger partial charge in [0.25, 0.3) is 0 Å². The first kappa shape index (κ1) is 13.3. The molecule has 98 valence electrons. The third-order valence-electron chi connectivity index (χ3n) is 3.08. The number of rotatable bonds is 4. The maximum atomic E-state index is 11.9. The van der Waals surface area contributed by atoms with Crippen molar-refractivity contribution in [1.29, 1.82) is 0 Å². The van der Waals surface area contributed by atoms with Crippen LogP contribution in [0.15, 0.2) is 48.8 Å². The molecular formula is C16H18N2O. The summed E-state index contributed by atoms with van der Waals surface area (Å²) in [6.45, 7) is 4.06. The van der Waals surface area contributed by atoms with E-state index < -0.39 is 0 Å². The van der Waals surface area contributed by atoms with Crippen LogP contribution in [0.2, 0.25) is 0 Å². The van der Waals surface area contributed by atoms with Gasteiger partial charge in [-0.15, -0.1) is 0 Å². The van der Waals surface area contributed by atoms with Gasteiger partial charge in [-0.3, -0.25) is 9.78 Å². The first-order valence-corrected chi connectivity index (χ1v) is 6.41. The van der Waals surface area contributed by atoms with Gasteiger partial charge < -0.3 is 5.32 Å². The number of hydrogen-bond donors (Lipinski definition) is 1. The number of aryl methyl sites for hydroxylation is 1. The van der Waals surface area contributed by atoms with Crippen molar-refractivity contribution >= 4 is 11.6 Å². The second-order valence-electron chi connectivity index (χ2n) is 4.81. The highest BCUT2D eigenvalue weighted by Gasteiger charge is 2.11. The van der Waals surface area contributed by atoms with Crippen molar-refractivity contribution in [3.63, 3.8) is 0 Å². The largest absolute Gasteiger partial charge is 0.326 e. The van der Waals surface area contributed by atoms with Crippen LogP contribution in [-0.2, 0) is 4.79 Å². The van der Waals surface area contributed by atoms with Crippen molar-refractivity contribution in [2.45, 2.75) is 26.2 Å². The molecule has 19 heavy (non-hydrogen) atoms. The fourth-order valence-electron chi connectivity index (χ4n) is 1.91. The molecule has 1 unspecified atom stereocenters. The lowest BCUT2D eigenvalue weighted by molar-refractivity contribution is -0.116. The average molecular weight is 254 g/mol. The highest BCUT2D eigenvalue weighted by molar-refractivity contribution is 5.91. The summed E-state index contributed by atoms with van der Waals surface area (Å²) in [7, 11) is 0. The van der Waals surface area contributed by atoms with Crippen LogP contribution < -0.4 is 5.32 Å². The molecule has 1 aromatic heterocycles. The number of pyridine rings is 1. The quantitative estimate of drug-likeness (QED) is 0.907. The molecular weight excluding hydrogens is 236 g/mol. The van der Waals surface area contributed by atoms with Gasteiger partial charge in [-0.05, 0) is 36.6 Å². The lowest BCUT2D eigenvalue weighted by Gasteiger charge is -2.11. The number of anilines is 1. The van der Waals surface area contributed by atoms with E-state index >= 15 is 0 Å². The monoisotopic (exact) mass is 254 g/mol. The van der Waals surface area contributed by atoms with Gasteiger partial charge in [-0.25, -0.2) is 0 Å². The number of amides is 1. The maximum absolute atomic E-state index is 11.9. The molecule has 1 heterocycles. The fourth-order valence-corrected chi connectivity index (χ4v) is 1.91. The molecule has 3 heteroatoms. The molecule has 1 aromatic carbocycles. The van der Waals surface area contributed by atoms with Gasteiger partial charge in [-0.2, -0.15) is 0 Å². The number of nitrogens with zero attached hydrogens (tertiary/aromatic N) is 1. The molecule has 1 N–H and O–H groups in total. The van der Waals surface area contributed by atoms with Gasteiger partial charge in [0, 0.05) is 24.5 Å². The summed E-state index contributed by atoms with van der Waals surface area (Å²) in [5.41, 5.74) is 3.11. The van der Waals surface area contributed by atoms with Gasteiger partial charge in [0.1, 0.15) is 0 Å². The molecule has 0 bridgehead atoms. The summed E-state index contributed by atoms with van der Waals surface area (Å²) >= 11 is 0. The molecule has 2 rings (SSSR count). The highest BCUT2D eigenvalue weighted by Crippen LogP contribution is 2.18. The van der Waals surface area contributed by atoms with Gasteiger partial charge in [0.15, 0.2) is 0 Å². The minimum atomic E-state index is 0.0280. The average Bonchev–Trinajstić information content (AvgIpc) is 2.42. The van der Waals surface area contributed by atoms with Crippen LogP contribution in [0.25, 0.3) is 0 Å². The van der Waals surface area contributed by atoms with E-state index in [1.807, 2.05) is 56.4 Å². The Kier molecular flexibility index (Phi) is 4.29. The van der Waals surface area contributed by atoms with Crippen LogP contribution in [0.4, 0.5) is 5.69 Å². The number of carbonyl (C=O) groups is 1. The van der Waals surface area contributed by atoms with Gasteiger partial charge >= 0.3 is 0 Å². The summed E-state index contributed by atoms with van der Waals surface area (Å²) in [6, 6.07) is 11.7. The second kappa shape index (κ2) is 6.14. The van der Waals surface area contributed by atoms with E-state index in [0.717, 1.165) is 11.3 Å². The van der Waals surface area contributed by atoms with Crippen LogP contribution in [0.3, 0.4) is 0 Å². The number of benzene rings is 1. The van der Waals surface area contributed by atoms with Crippen LogP contribution >= 0.6 is 0 Å². The molecule has 0 radical (unpaired) electrons. The maximum Gasteiger partial charge on any atom is 0.224 e. The normalized spacial score (nSPS) is 11.9.